The number of aliphatic hydroxyl groups is 1. The number of amides is 1. The number of carbonyl (C=O) groups excluding carboxylic acids is 1. The number of anilines is 2. The molecule has 0 spiro atoms. The van der Waals surface area contributed by atoms with Crippen molar-refractivity contribution in [2.24, 2.45) is 16.6 Å². The Labute approximate surface area is 197 Å². The standard InChI is InChI=1S/C23H29N9O2/c1-13(2)23(4,16-5-6-17(26-10-16)15-8-30-22(25)31-9-15)21(24)32-20(34)18-11-29-19(12-27-18)28-7-14(3)33/h5-6,8-14,33H,7H2,1-4H3,(H,28,29)(H2,24,32,34)(H2,25,30,31). The third kappa shape index (κ3) is 5.49. The van der Waals surface area contributed by atoms with E-state index in [2.05, 4.69) is 35.2 Å². The van der Waals surface area contributed by atoms with Crippen LogP contribution in [0.15, 0.2) is 48.1 Å². The predicted octanol–water partition coefficient (Wildman–Crippen LogP) is 1.81. The van der Waals surface area contributed by atoms with Crippen molar-refractivity contribution >= 4 is 23.5 Å². The Bertz CT molecular complexity index is 1140. The Hall–Kier alpha value is -3.99. The molecule has 0 aliphatic carbocycles. The number of aromatic nitrogens is 5. The van der Waals surface area contributed by atoms with Crippen LogP contribution in [0.1, 0.15) is 43.7 Å². The zero-order valence-corrected chi connectivity index (χ0v) is 19.6. The molecule has 2 unspecified atom stereocenters. The maximum atomic E-state index is 12.7. The minimum atomic E-state index is -0.759. The minimum Gasteiger partial charge on any atom is -0.392 e. The first-order chi connectivity index (χ1) is 16.1. The van der Waals surface area contributed by atoms with E-state index in [4.69, 9.17) is 11.5 Å². The fourth-order valence-electron chi connectivity index (χ4n) is 3.18. The molecule has 0 fully saturated rings. The Morgan fingerprint density at radius 2 is 1.76 bits per heavy atom. The van der Waals surface area contributed by atoms with Crippen LogP contribution in [0.2, 0.25) is 0 Å². The van der Waals surface area contributed by atoms with Gasteiger partial charge >= 0.3 is 0 Å². The van der Waals surface area contributed by atoms with Crippen molar-refractivity contribution in [2.75, 3.05) is 17.6 Å². The summed E-state index contributed by atoms with van der Waals surface area (Å²) < 4.78 is 0. The number of carbonyl (C=O) groups is 1. The summed E-state index contributed by atoms with van der Waals surface area (Å²) in [5.74, 6) is 0.198. The monoisotopic (exact) mass is 463 g/mol. The van der Waals surface area contributed by atoms with Gasteiger partial charge in [-0.05, 0) is 31.4 Å². The second kappa shape index (κ2) is 10.3. The van der Waals surface area contributed by atoms with Gasteiger partial charge in [0.1, 0.15) is 17.3 Å². The van der Waals surface area contributed by atoms with Crippen LogP contribution in [-0.4, -0.2) is 54.4 Å². The lowest BCUT2D eigenvalue weighted by Gasteiger charge is -2.33. The van der Waals surface area contributed by atoms with Crippen molar-refractivity contribution < 1.29 is 9.90 Å². The highest BCUT2D eigenvalue weighted by molar-refractivity contribution is 6.05. The summed E-state index contributed by atoms with van der Waals surface area (Å²) in [7, 11) is 0. The van der Waals surface area contributed by atoms with Crippen molar-refractivity contribution in [1.82, 2.24) is 24.9 Å². The largest absolute Gasteiger partial charge is 0.392 e. The lowest BCUT2D eigenvalue weighted by atomic mass is 9.73. The average Bonchev–Trinajstić information content (AvgIpc) is 2.83. The minimum absolute atomic E-state index is 0.00897. The van der Waals surface area contributed by atoms with E-state index in [0.717, 1.165) is 11.1 Å². The third-order valence-corrected chi connectivity index (χ3v) is 5.69. The first-order valence-electron chi connectivity index (χ1n) is 10.8. The maximum Gasteiger partial charge on any atom is 0.298 e. The summed E-state index contributed by atoms with van der Waals surface area (Å²) in [6.07, 6.45) is 7.11. The number of hydrogen-bond donors (Lipinski definition) is 4. The molecule has 0 bridgehead atoms. The van der Waals surface area contributed by atoms with E-state index < -0.39 is 17.4 Å². The molecular formula is C23H29N9O2. The number of nitrogen functional groups attached to an aromatic ring is 1. The fraction of sp³-hybridized carbons (Fsp3) is 0.348. The molecule has 178 valence electrons. The highest BCUT2D eigenvalue weighted by atomic mass is 16.3. The molecule has 11 nitrogen and oxygen atoms in total. The SMILES string of the molecule is CC(O)CNc1cnc(C(=O)N=C(N)C(C)(c2ccc(-c3cnc(N)nc3)nc2)C(C)C)cn1. The first kappa shape index (κ1) is 24.6. The summed E-state index contributed by atoms with van der Waals surface area (Å²) in [5, 5.41) is 12.3. The maximum absolute atomic E-state index is 12.7. The summed E-state index contributed by atoms with van der Waals surface area (Å²) in [6, 6.07) is 3.73. The van der Waals surface area contributed by atoms with Gasteiger partial charge in [0, 0.05) is 30.7 Å². The van der Waals surface area contributed by atoms with Gasteiger partial charge in [0.15, 0.2) is 0 Å². The predicted molar refractivity (Wildman–Crippen MR) is 130 cm³/mol. The van der Waals surface area contributed by atoms with Crippen LogP contribution in [0.25, 0.3) is 11.3 Å². The summed E-state index contributed by atoms with van der Waals surface area (Å²) in [6.45, 7) is 7.88. The number of aliphatic hydroxyl groups excluding tert-OH is 1. The molecule has 2 atom stereocenters. The molecule has 0 aromatic carbocycles. The van der Waals surface area contributed by atoms with Crippen LogP contribution in [0.5, 0.6) is 0 Å². The summed E-state index contributed by atoms with van der Waals surface area (Å²) in [4.78, 5) is 37.6. The van der Waals surface area contributed by atoms with Gasteiger partial charge in [0.05, 0.1) is 29.6 Å². The lowest BCUT2D eigenvalue weighted by Crippen LogP contribution is -2.43. The van der Waals surface area contributed by atoms with Crippen LogP contribution in [0.4, 0.5) is 11.8 Å². The zero-order valence-electron chi connectivity index (χ0n) is 19.6. The van der Waals surface area contributed by atoms with Gasteiger partial charge in [-0.2, -0.15) is 4.99 Å². The Kier molecular flexibility index (Phi) is 7.47. The van der Waals surface area contributed by atoms with Crippen molar-refractivity contribution in [3.8, 4) is 11.3 Å². The molecule has 0 aliphatic heterocycles. The van der Waals surface area contributed by atoms with E-state index >= 15 is 0 Å². The highest BCUT2D eigenvalue weighted by Crippen LogP contribution is 2.33. The van der Waals surface area contributed by atoms with E-state index in [-0.39, 0.29) is 23.4 Å². The van der Waals surface area contributed by atoms with E-state index in [1.54, 1.807) is 25.5 Å². The molecule has 3 rings (SSSR count). The van der Waals surface area contributed by atoms with Crippen molar-refractivity contribution in [1.29, 1.82) is 0 Å². The molecule has 0 aliphatic rings. The Morgan fingerprint density at radius 1 is 1.06 bits per heavy atom. The number of rotatable bonds is 8. The lowest BCUT2D eigenvalue weighted by molar-refractivity contribution is 0.0996. The molecule has 3 heterocycles. The van der Waals surface area contributed by atoms with Crippen LogP contribution in [0.3, 0.4) is 0 Å². The van der Waals surface area contributed by atoms with Gasteiger partial charge in [-0.3, -0.25) is 9.78 Å². The number of hydrogen-bond acceptors (Lipinski definition) is 9. The van der Waals surface area contributed by atoms with Gasteiger partial charge in [0.2, 0.25) is 5.95 Å². The zero-order chi connectivity index (χ0) is 24.9. The molecule has 3 aromatic rings. The molecule has 11 heteroatoms. The average molecular weight is 464 g/mol. The van der Waals surface area contributed by atoms with Crippen LogP contribution < -0.4 is 16.8 Å². The molecular weight excluding hydrogens is 434 g/mol. The first-order valence-corrected chi connectivity index (χ1v) is 10.8. The second-order valence-corrected chi connectivity index (χ2v) is 8.44. The number of pyridine rings is 1. The molecule has 3 aromatic heterocycles. The van der Waals surface area contributed by atoms with E-state index in [1.165, 1.54) is 12.4 Å². The van der Waals surface area contributed by atoms with Crippen molar-refractivity contribution in [2.45, 2.75) is 39.2 Å². The quantitative estimate of drug-likeness (QED) is 0.284. The van der Waals surface area contributed by atoms with E-state index in [9.17, 15) is 9.90 Å². The fourth-order valence-corrected chi connectivity index (χ4v) is 3.18. The third-order valence-electron chi connectivity index (χ3n) is 5.69. The van der Waals surface area contributed by atoms with E-state index in [0.29, 0.717) is 18.1 Å². The molecule has 1 amide bonds. The number of nitrogens with two attached hydrogens (primary N) is 2. The van der Waals surface area contributed by atoms with Crippen molar-refractivity contribution in [3.63, 3.8) is 0 Å². The summed E-state index contributed by atoms with van der Waals surface area (Å²) in [5.41, 5.74) is 13.4. The van der Waals surface area contributed by atoms with Crippen LogP contribution >= 0.6 is 0 Å². The van der Waals surface area contributed by atoms with Crippen LogP contribution in [0, 0.1) is 5.92 Å². The molecule has 6 N–H and O–H groups in total. The molecule has 34 heavy (non-hydrogen) atoms. The Morgan fingerprint density at radius 3 is 2.29 bits per heavy atom. The van der Waals surface area contributed by atoms with Gasteiger partial charge in [-0.1, -0.05) is 19.9 Å². The van der Waals surface area contributed by atoms with Crippen molar-refractivity contribution in [3.05, 3.63) is 54.4 Å². The molecule has 0 radical (unpaired) electrons. The molecule has 0 saturated carbocycles. The van der Waals surface area contributed by atoms with E-state index in [1.807, 2.05) is 32.9 Å². The smallest absolute Gasteiger partial charge is 0.298 e. The highest BCUT2D eigenvalue weighted by Gasteiger charge is 2.36. The van der Waals surface area contributed by atoms with Gasteiger partial charge in [-0.15, -0.1) is 0 Å². The number of nitrogens with zero attached hydrogens (tertiary/aromatic N) is 6. The number of aliphatic imine (C=N–C) groups is 1. The molecule has 0 saturated heterocycles. The summed E-state index contributed by atoms with van der Waals surface area (Å²) >= 11 is 0. The van der Waals surface area contributed by atoms with Gasteiger partial charge < -0.3 is 21.9 Å². The Balaban J connectivity index is 1.83. The number of amidine groups is 1. The van der Waals surface area contributed by atoms with Gasteiger partial charge in [0.25, 0.3) is 5.91 Å². The van der Waals surface area contributed by atoms with Crippen LogP contribution in [-0.2, 0) is 5.41 Å². The topological polar surface area (TPSA) is 178 Å². The van der Waals surface area contributed by atoms with Gasteiger partial charge in [-0.25, -0.2) is 19.9 Å². The normalized spacial score (nSPS) is 14.5. The number of nitrogens with one attached hydrogen (secondary N) is 1. The second-order valence-electron chi connectivity index (χ2n) is 8.44.